The van der Waals surface area contributed by atoms with Crippen molar-refractivity contribution in [1.82, 2.24) is 14.4 Å². The van der Waals surface area contributed by atoms with Crippen LogP contribution in [0.5, 0.6) is 11.5 Å². The number of rotatable bonds is 4. The molecule has 37 heavy (non-hydrogen) atoms. The van der Waals surface area contributed by atoms with Crippen LogP contribution < -0.4 is 10.6 Å². The van der Waals surface area contributed by atoms with Gasteiger partial charge in [-0.3, -0.25) is 9.59 Å². The first-order chi connectivity index (χ1) is 17.7. The van der Waals surface area contributed by atoms with E-state index in [0.717, 1.165) is 5.56 Å². The number of alkyl halides is 1. The molecule has 2 amide bonds. The van der Waals surface area contributed by atoms with E-state index in [1.54, 1.807) is 35.9 Å². The number of nitrogens with two attached hydrogens (primary N) is 1. The predicted molar refractivity (Wildman–Crippen MR) is 136 cm³/mol. The number of halogens is 1. The molecule has 1 aliphatic rings. The van der Waals surface area contributed by atoms with Crippen molar-refractivity contribution in [2.45, 2.75) is 12.8 Å². The maximum absolute atomic E-state index is 13.6. The fourth-order valence-corrected chi connectivity index (χ4v) is 5.16. The molecule has 1 aliphatic heterocycles. The van der Waals surface area contributed by atoms with Gasteiger partial charge in [0, 0.05) is 54.9 Å². The fourth-order valence-electron chi connectivity index (χ4n) is 4.91. The van der Waals surface area contributed by atoms with E-state index < -0.39 is 5.91 Å². The van der Waals surface area contributed by atoms with Crippen molar-refractivity contribution in [2.75, 3.05) is 17.3 Å². The van der Waals surface area contributed by atoms with Crippen molar-refractivity contribution in [1.29, 1.82) is 0 Å². The maximum atomic E-state index is 13.6. The first-order valence-corrected chi connectivity index (χ1v) is 11.9. The number of phenolic OH excluding ortho intramolecular Hbond substituents is 2. The van der Waals surface area contributed by atoms with E-state index in [1.807, 2.05) is 0 Å². The topological polar surface area (TPSA) is 147 Å². The highest BCUT2D eigenvalue weighted by Gasteiger charge is 2.37. The predicted octanol–water partition coefficient (Wildman–Crippen LogP) is 3.94. The molecule has 0 fully saturated rings. The number of aromatic nitrogens is 3. The van der Waals surface area contributed by atoms with Gasteiger partial charge in [-0.2, -0.15) is 0 Å². The highest BCUT2D eigenvalue weighted by Crippen LogP contribution is 2.45. The second-order valence-electron chi connectivity index (χ2n) is 8.91. The number of carbonyl (C=O) groups excluding carboxylic acids is 2. The highest BCUT2D eigenvalue weighted by molar-refractivity contribution is 6.19. The number of phenols is 2. The average molecular weight is 518 g/mol. The Labute approximate surface area is 214 Å². The number of fused-ring (bicyclic) bond motifs is 4. The molecule has 4 heterocycles. The summed E-state index contributed by atoms with van der Waals surface area (Å²) in [6.45, 7) is 1.99. The molecule has 3 aromatic heterocycles. The Balaban J connectivity index is 1.41. The number of aromatic hydroxyl groups is 2. The van der Waals surface area contributed by atoms with Gasteiger partial charge < -0.3 is 29.7 Å². The van der Waals surface area contributed by atoms with E-state index in [2.05, 4.69) is 9.97 Å². The Morgan fingerprint density at radius 2 is 1.97 bits per heavy atom. The van der Waals surface area contributed by atoms with E-state index in [-0.39, 0.29) is 46.0 Å². The third-order valence-electron chi connectivity index (χ3n) is 6.55. The molecule has 0 bridgehead atoms. The molecule has 0 radical (unpaired) electrons. The van der Waals surface area contributed by atoms with Gasteiger partial charge in [0.25, 0.3) is 5.91 Å². The van der Waals surface area contributed by atoms with Gasteiger partial charge in [0.15, 0.2) is 17.2 Å². The van der Waals surface area contributed by atoms with Gasteiger partial charge in [0.2, 0.25) is 5.91 Å². The largest absolute Gasteiger partial charge is 0.508 e. The second kappa shape index (κ2) is 8.24. The van der Waals surface area contributed by atoms with Crippen LogP contribution >= 0.6 is 11.6 Å². The number of imidazole rings is 1. The summed E-state index contributed by atoms with van der Waals surface area (Å²) in [4.78, 5) is 36.0. The number of carbonyl (C=O) groups is 2. The van der Waals surface area contributed by atoms with Crippen LogP contribution in [0.25, 0.3) is 27.9 Å². The van der Waals surface area contributed by atoms with E-state index in [4.69, 9.17) is 21.8 Å². The number of hydrogen-bond acceptors (Lipinski definition) is 7. The number of nitrogens with zero attached hydrogens (tertiary/aromatic N) is 4. The van der Waals surface area contributed by atoms with Crippen LogP contribution in [0.3, 0.4) is 0 Å². The molecule has 0 saturated heterocycles. The summed E-state index contributed by atoms with van der Waals surface area (Å²) in [6, 6.07) is 9.23. The minimum absolute atomic E-state index is 0.0113. The summed E-state index contributed by atoms with van der Waals surface area (Å²) >= 11 is 6.26. The van der Waals surface area contributed by atoms with E-state index >= 15 is 0 Å². The van der Waals surface area contributed by atoms with E-state index in [0.29, 0.717) is 40.4 Å². The molecule has 6 rings (SSSR count). The lowest BCUT2D eigenvalue weighted by molar-refractivity contribution is 0.0981. The Hall–Kier alpha value is -4.57. The van der Waals surface area contributed by atoms with Crippen molar-refractivity contribution in [3.05, 3.63) is 71.5 Å². The first-order valence-electron chi connectivity index (χ1n) is 11.4. The standard InChI is InChI=1S/C26H20ClN5O5/c1-12-29-23-22-14(8-27)10-32(19(22)7-20(34)24(23)37-12)26(36)18-11-31-9-13(2-5-21(31)30-18)17-6-15(33)3-4-16(17)25(28)35/h2-7,9,11,14,33-34H,8,10H2,1H3,(H2,28,35). The SMILES string of the molecule is Cc1nc2c3c(cc(O)c2o1)N(C(=O)c1cn2cc(-c4cc(O)ccc4C(N)=O)ccc2n1)CC3CCl. The maximum Gasteiger partial charge on any atom is 0.278 e. The minimum atomic E-state index is -0.627. The zero-order valence-electron chi connectivity index (χ0n) is 19.5. The van der Waals surface area contributed by atoms with Crippen molar-refractivity contribution >= 4 is 45.8 Å². The Kier molecular flexibility index (Phi) is 5.09. The molecular formula is C26H20ClN5O5. The summed E-state index contributed by atoms with van der Waals surface area (Å²) in [6.07, 6.45) is 3.29. The molecule has 1 unspecified atom stereocenters. The van der Waals surface area contributed by atoms with Crippen LogP contribution in [0.4, 0.5) is 5.69 Å². The van der Waals surface area contributed by atoms with Gasteiger partial charge in [0.05, 0.1) is 5.69 Å². The van der Waals surface area contributed by atoms with Crippen LogP contribution in [0.1, 0.15) is 38.2 Å². The van der Waals surface area contributed by atoms with Crippen LogP contribution in [0.15, 0.2) is 53.2 Å². The average Bonchev–Trinajstić information content (AvgIpc) is 3.57. The Morgan fingerprint density at radius 3 is 2.73 bits per heavy atom. The lowest BCUT2D eigenvalue weighted by Gasteiger charge is -2.16. The quantitative estimate of drug-likeness (QED) is 0.306. The van der Waals surface area contributed by atoms with E-state index in [1.165, 1.54) is 29.2 Å². The molecule has 0 spiro atoms. The van der Waals surface area contributed by atoms with Crippen molar-refractivity contribution in [3.63, 3.8) is 0 Å². The van der Waals surface area contributed by atoms with Crippen molar-refractivity contribution in [3.8, 4) is 22.6 Å². The number of benzene rings is 2. The van der Waals surface area contributed by atoms with Crippen molar-refractivity contribution in [2.24, 2.45) is 5.73 Å². The summed E-state index contributed by atoms with van der Waals surface area (Å²) in [5.74, 6) is -0.662. The molecular weight excluding hydrogens is 498 g/mol. The van der Waals surface area contributed by atoms with Gasteiger partial charge in [-0.25, -0.2) is 9.97 Å². The zero-order chi connectivity index (χ0) is 26.0. The number of amides is 2. The number of hydrogen-bond donors (Lipinski definition) is 3. The summed E-state index contributed by atoms with van der Waals surface area (Å²) in [5, 5.41) is 20.5. The summed E-state index contributed by atoms with van der Waals surface area (Å²) in [7, 11) is 0. The number of primary amides is 1. The van der Waals surface area contributed by atoms with Crippen LogP contribution in [0, 0.1) is 6.92 Å². The number of oxazole rings is 1. The fraction of sp³-hybridized carbons (Fsp3) is 0.154. The van der Waals surface area contributed by atoms with Gasteiger partial charge in [-0.1, -0.05) is 0 Å². The molecule has 2 aromatic carbocycles. The Morgan fingerprint density at radius 1 is 1.16 bits per heavy atom. The highest BCUT2D eigenvalue weighted by atomic mass is 35.5. The van der Waals surface area contributed by atoms with Crippen LogP contribution in [0.2, 0.25) is 0 Å². The molecule has 4 N–H and O–H groups in total. The normalized spacial score (nSPS) is 15.0. The molecule has 5 aromatic rings. The summed E-state index contributed by atoms with van der Waals surface area (Å²) in [5.41, 5.74) is 9.53. The molecule has 186 valence electrons. The van der Waals surface area contributed by atoms with Crippen LogP contribution in [-0.2, 0) is 0 Å². The smallest absolute Gasteiger partial charge is 0.278 e. The lowest BCUT2D eigenvalue weighted by Crippen LogP contribution is -2.30. The zero-order valence-corrected chi connectivity index (χ0v) is 20.2. The van der Waals surface area contributed by atoms with Gasteiger partial charge in [-0.15, -0.1) is 11.6 Å². The monoisotopic (exact) mass is 517 g/mol. The number of anilines is 1. The molecule has 10 nitrogen and oxygen atoms in total. The van der Waals surface area contributed by atoms with Gasteiger partial charge in [-0.05, 0) is 41.5 Å². The molecule has 1 atom stereocenters. The molecule has 0 saturated carbocycles. The number of aryl methyl sites for hydroxylation is 1. The Bertz CT molecular complexity index is 1760. The van der Waals surface area contributed by atoms with Gasteiger partial charge >= 0.3 is 0 Å². The van der Waals surface area contributed by atoms with E-state index in [9.17, 15) is 19.8 Å². The molecule has 11 heteroatoms. The lowest BCUT2D eigenvalue weighted by atomic mass is 10.0. The van der Waals surface area contributed by atoms with Crippen LogP contribution in [-0.4, -0.2) is 48.8 Å². The second-order valence-corrected chi connectivity index (χ2v) is 9.22. The van der Waals surface area contributed by atoms with Gasteiger partial charge in [0.1, 0.15) is 22.6 Å². The third-order valence-corrected chi connectivity index (χ3v) is 6.93. The number of pyridine rings is 1. The minimum Gasteiger partial charge on any atom is -0.508 e. The summed E-state index contributed by atoms with van der Waals surface area (Å²) < 4.78 is 7.21. The first kappa shape index (κ1) is 22.9. The van der Waals surface area contributed by atoms with Crippen molar-refractivity contribution < 1.29 is 24.2 Å². The third kappa shape index (κ3) is 3.56. The molecule has 0 aliphatic carbocycles.